The minimum absolute atomic E-state index is 0.0912. The van der Waals surface area contributed by atoms with E-state index in [0.717, 1.165) is 50.8 Å². The van der Waals surface area contributed by atoms with Gasteiger partial charge in [-0.05, 0) is 78.2 Å². The second-order valence-electron chi connectivity index (χ2n) is 14.0. The Kier molecular flexibility index (Phi) is 7.66. The number of fused-ring (bicyclic) bond motifs is 2. The predicted molar refractivity (Wildman–Crippen MR) is 177 cm³/mol. The van der Waals surface area contributed by atoms with Crippen molar-refractivity contribution in [2.24, 2.45) is 5.73 Å². The SMILES string of the molecule is CC(C)(CNS(=O)(=O)c1c2c(cc3cnc(C4CC4)cc13)CC(N)C2)O[Si](c1ccccc1)(c1ccccc1)C(C)(C)C. The van der Waals surface area contributed by atoms with Crippen LogP contribution in [0, 0.1) is 0 Å². The van der Waals surface area contributed by atoms with Gasteiger partial charge in [-0.1, -0.05) is 81.4 Å². The standard InChI is InChI=1S/C35H43N3O3SSi/c1-34(2,3)43(28-12-8-6-9-13-28,29-14-10-7-11-15-29)41-35(4,5)23-38-42(39,40)33-30-20-27(36)19-25(30)18-26-22-37-32(21-31(26)33)24-16-17-24/h6-15,18,21-22,24,27,38H,16-17,19-20,23,36H2,1-5H3. The first-order chi connectivity index (χ1) is 20.3. The zero-order valence-electron chi connectivity index (χ0n) is 25.9. The summed E-state index contributed by atoms with van der Waals surface area (Å²) in [7, 11) is -6.81. The number of nitrogens with one attached hydrogen (secondary N) is 1. The molecule has 0 aliphatic heterocycles. The van der Waals surface area contributed by atoms with Gasteiger partial charge in [0.1, 0.15) is 0 Å². The van der Waals surface area contributed by atoms with E-state index in [9.17, 15) is 8.42 Å². The average molecular weight is 614 g/mol. The molecule has 0 spiro atoms. The Labute approximate surface area is 257 Å². The molecule has 3 aromatic carbocycles. The zero-order chi connectivity index (χ0) is 30.6. The molecule has 1 saturated carbocycles. The van der Waals surface area contributed by atoms with Crippen LogP contribution in [0.3, 0.4) is 0 Å². The molecule has 43 heavy (non-hydrogen) atoms. The summed E-state index contributed by atoms with van der Waals surface area (Å²) in [5.74, 6) is 0.419. The summed E-state index contributed by atoms with van der Waals surface area (Å²) in [5, 5.41) is 3.67. The lowest BCUT2D eigenvalue weighted by Gasteiger charge is -2.47. The molecule has 8 heteroatoms. The van der Waals surface area contributed by atoms with Crippen LogP contribution in [-0.4, -0.2) is 39.9 Å². The van der Waals surface area contributed by atoms with Crippen LogP contribution in [-0.2, 0) is 27.3 Å². The summed E-state index contributed by atoms with van der Waals surface area (Å²) in [5.41, 5.74) is 8.37. The Balaban J connectivity index is 1.39. The molecule has 2 aliphatic rings. The van der Waals surface area contributed by atoms with Crippen LogP contribution in [0.2, 0.25) is 5.04 Å². The molecule has 1 atom stereocenters. The summed E-state index contributed by atoms with van der Waals surface area (Å²) in [6.45, 7) is 10.8. The predicted octanol–water partition coefficient (Wildman–Crippen LogP) is 5.17. The van der Waals surface area contributed by atoms with Gasteiger partial charge in [0.25, 0.3) is 8.32 Å². The van der Waals surface area contributed by atoms with Crippen molar-refractivity contribution in [1.82, 2.24) is 9.71 Å². The monoisotopic (exact) mass is 613 g/mol. The summed E-state index contributed by atoms with van der Waals surface area (Å²) >= 11 is 0. The molecule has 0 radical (unpaired) electrons. The third-order valence-corrected chi connectivity index (χ3v) is 15.7. The number of hydrogen-bond donors (Lipinski definition) is 2. The fraction of sp³-hybridized carbons (Fsp3) is 0.400. The smallest absolute Gasteiger partial charge is 0.261 e. The van der Waals surface area contributed by atoms with E-state index in [-0.39, 0.29) is 17.6 Å². The van der Waals surface area contributed by atoms with E-state index in [1.807, 2.05) is 38.2 Å². The van der Waals surface area contributed by atoms with Gasteiger partial charge in [-0.25, -0.2) is 13.1 Å². The first-order valence-corrected chi connectivity index (χ1v) is 18.7. The second-order valence-corrected chi connectivity index (χ2v) is 19.9. The van der Waals surface area contributed by atoms with E-state index in [1.165, 1.54) is 0 Å². The Morgan fingerprint density at radius 2 is 1.53 bits per heavy atom. The summed E-state index contributed by atoms with van der Waals surface area (Å²) in [4.78, 5) is 5.04. The first-order valence-electron chi connectivity index (χ1n) is 15.3. The van der Waals surface area contributed by atoms with Crippen molar-refractivity contribution in [3.63, 3.8) is 0 Å². The van der Waals surface area contributed by atoms with Crippen LogP contribution < -0.4 is 20.8 Å². The number of hydrogen-bond acceptors (Lipinski definition) is 5. The highest BCUT2D eigenvalue weighted by Crippen LogP contribution is 2.42. The van der Waals surface area contributed by atoms with Crippen molar-refractivity contribution < 1.29 is 12.8 Å². The fourth-order valence-corrected chi connectivity index (χ4v) is 13.3. The van der Waals surface area contributed by atoms with Crippen LogP contribution in [0.25, 0.3) is 10.8 Å². The lowest BCUT2D eigenvalue weighted by molar-refractivity contribution is 0.102. The highest BCUT2D eigenvalue weighted by Gasteiger charge is 2.53. The van der Waals surface area contributed by atoms with Crippen molar-refractivity contribution in [2.75, 3.05) is 6.54 Å². The number of rotatable bonds is 9. The lowest BCUT2D eigenvalue weighted by atomic mass is 10.0. The highest BCUT2D eigenvalue weighted by molar-refractivity contribution is 7.89. The van der Waals surface area contributed by atoms with Gasteiger partial charge in [-0.3, -0.25) is 4.98 Å². The maximum Gasteiger partial charge on any atom is 0.261 e. The molecule has 0 bridgehead atoms. The molecular weight excluding hydrogens is 571 g/mol. The van der Waals surface area contributed by atoms with Gasteiger partial charge < -0.3 is 10.2 Å². The Bertz CT molecular complexity index is 1710. The molecule has 1 fully saturated rings. The molecule has 3 N–H and O–H groups in total. The minimum Gasteiger partial charge on any atom is -0.401 e. The zero-order valence-corrected chi connectivity index (χ0v) is 27.7. The topological polar surface area (TPSA) is 94.3 Å². The van der Waals surface area contributed by atoms with Crippen molar-refractivity contribution in [1.29, 1.82) is 0 Å². The van der Waals surface area contributed by atoms with Crippen LogP contribution in [0.15, 0.2) is 83.9 Å². The van der Waals surface area contributed by atoms with Gasteiger partial charge in [0, 0.05) is 41.2 Å². The number of nitrogens with two attached hydrogens (primary N) is 1. The van der Waals surface area contributed by atoms with E-state index in [4.69, 9.17) is 10.2 Å². The molecular formula is C35H43N3O3SSi. The van der Waals surface area contributed by atoms with Crippen molar-refractivity contribution in [2.45, 2.75) is 87.8 Å². The largest absolute Gasteiger partial charge is 0.401 e. The minimum atomic E-state index is -3.91. The van der Waals surface area contributed by atoms with Gasteiger partial charge in [0.2, 0.25) is 10.0 Å². The van der Waals surface area contributed by atoms with Gasteiger partial charge in [-0.15, -0.1) is 0 Å². The summed E-state index contributed by atoms with van der Waals surface area (Å²) in [6.07, 6.45) is 5.25. The van der Waals surface area contributed by atoms with Crippen LogP contribution in [0.5, 0.6) is 0 Å². The Morgan fingerprint density at radius 3 is 2.09 bits per heavy atom. The Hall–Kier alpha value is -2.88. The number of nitrogens with zero attached hydrogens (tertiary/aromatic N) is 1. The molecule has 6 rings (SSSR count). The molecule has 0 amide bonds. The van der Waals surface area contributed by atoms with Gasteiger partial charge in [-0.2, -0.15) is 0 Å². The highest BCUT2D eigenvalue weighted by atomic mass is 32.2. The van der Waals surface area contributed by atoms with E-state index in [2.05, 4.69) is 85.1 Å². The molecule has 2 aliphatic carbocycles. The van der Waals surface area contributed by atoms with Crippen LogP contribution in [0.1, 0.15) is 70.2 Å². The molecule has 0 saturated heterocycles. The molecule has 1 unspecified atom stereocenters. The van der Waals surface area contributed by atoms with Crippen molar-refractivity contribution in [3.8, 4) is 0 Å². The first kappa shape index (κ1) is 30.2. The molecule has 4 aromatic rings. The third-order valence-electron chi connectivity index (χ3n) is 8.94. The van der Waals surface area contributed by atoms with Crippen molar-refractivity contribution in [3.05, 3.63) is 95.8 Å². The second kappa shape index (κ2) is 10.9. The molecule has 226 valence electrons. The summed E-state index contributed by atoms with van der Waals surface area (Å²) in [6, 6.07) is 24.9. The molecule has 6 nitrogen and oxygen atoms in total. The molecule has 1 heterocycles. The molecule has 1 aromatic heterocycles. The summed E-state index contributed by atoms with van der Waals surface area (Å²) < 4.78 is 39.0. The maximum absolute atomic E-state index is 14.3. The van der Waals surface area contributed by atoms with Gasteiger partial charge >= 0.3 is 0 Å². The average Bonchev–Trinajstić information content (AvgIpc) is 3.75. The number of sulfonamides is 1. The quantitative estimate of drug-likeness (QED) is 0.254. The van der Waals surface area contributed by atoms with E-state index in [1.54, 1.807) is 0 Å². The third kappa shape index (κ3) is 5.71. The van der Waals surface area contributed by atoms with Gasteiger partial charge in [0.15, 0.2) is 0 Å². The van der Waals surface area contributed by atoms with E-state index in [0.29, 0.717) is 23.7 Å². The van der Waals surface area contributed by atoms with Crippen molar-refractivity contribution >= 4 is 39.5 Å². The Morgan fingerprint density at radius 1 is 0.930 bits per heavy atom. The van der Waals surface area contributed by atoms with Crippen LogP contribution >= 0.6 is 0 Å². The maximum atomic E-state index is 14.3. The van der Waals surface area contributed by atoms with Gasteiger partial charge in [0.05, 0.1) is 10.5 Å². The number of aromatic nitrogens is 1. The number of pyridine rings is 1. The fourth-order valence-electron chi connectivity index (χ4n) is 6.75. The number of benzene rings is 3. The van der Waals surface area contributed by atoms with E-state index >= 15 is 0 Å². The van der Waals surface area contributed by atoms with E-state index < -0.39 is 23.9 Å². The normalized spacial score (nSPS) is 17.8. The van der Waals surface area contributed by atoms with Crippen LogP contribution in [0.4, 0.5) is 0 Å². The lowest BCUT2D eigenvalue weighted by Crippen LogP contribution is -2.69.